The second-order valence-corrected chi connectivity index (χ2v) is 10.6. The van der Waals surface area contributed by atoms with E-state index in [4.69, 9.17) is 0 Å². The fourth-order valence-corrected chi connectivity index (χ4v) is 5.19. The van der Waals surface area contributed by atoms with Crippen LogP contribution in [0.25, 0.3) is 27.8 Å². The van der Waals surface area contributed by atoms with Gasteiger partial charge in [0.2, 0.25) is 5.91 Å². The molecule has 0 radical (unpaired) electrons. The molecular weight excluding hydrogens is 545 g/mol. The van der Waals surface area contributed by atoms with Crippen LogP contribution in [0.4, 0.5) is 10.1 Å². The molecule has 0 saturated carbocycles. The van der Waals surface area contributed by atoms with Crippen molar-refractivity contribution in [3.63, 3.8) is 0 Å². The highest BCUT2D eigenvalue weighted by molar-refractivity contribution is 5.96. The van der Waals surface area contributed by atoms with Crippen LogP contribution >= 0.6 is 0 Å². The quantitative estimate of drug-likeness (QED) is 0.236. The minimum absolute atomic E-state index is 0.154. The van der Waals surface area contributed by atoms with E-state index in [1.807, 2.05) is 54.9 Å². The SMILES string of the molecule is CNC(=O)c1ccc(C)c(-c2ccc(NC(=O)[C@H](C)NC)c(=O)n2Cc2cccc(-n3cc(C)c4cc(F)ccc43)c2)c1. The Hall–Kier alpha value is -5.02. The normalized spacial score (nSPS) is 11.9. The summed E-state index contributed by atoms with van der Waals surface area (Å²) in [4.78, 5) is 39.1. The van der Waals surface area contributed by atoms with Crippen LogP contribution in [0.15, 0.2) is 83.8 Å². The molecule has 3 N–H and O–H groups in total. The molecule has 3 aromatic carbocycles. The number of benzene rings is 3. The number of halogens is 1. The third-order valence-corrected chi connectivity index (χ3v) is 7.76. The number of anilines is 1. The molecule has 2 heterocycles. The monoisotopic (exact) mass is 579 g/mol. The van der Waals surface area contributed by atoms with Crippen LogP contribution in [0.1, 0.15) is 34.0 Å². The Kier molecular flexibility index (Phi) is 8.27. The number of nitrogens with zero attached hydrogens (tertiary/aromatic N) is 2. The van der Waals surface area contributed by atoms with Gasteiger partial charge in [0.25, 0.3) is 11.5 Å². The van der Waals surface area contributed by atoms with Crippen molar-refractivity contribution in [2.75, 3.05) is 19.4 Å². The van der Waals surface area contributed by atoms with Gasteiger partial charge in [0.1, 0.15) is 11.5 Å². The van der Waals surface area contributed by atoms with Gasteiger partial charge in [-0.25, -0.2) is 4.39 Å². The predicted octanol–water partition coefficient (Wildman–Crippen LogP) is 5.17. The number of aryl methyl sites for hydroxylation is 2. The third-order valence-electron chi connectivity index (χ3n) is 7.76. The molecular formula is C34H34FN5O3. The fourth-order valence-electron chi connectivity index (χ4n) is 5.19. The molecule has 0 unspecified atom stereocenters. The second-order valence-electron chi connectivity index (χ2n) is 10.6. The molecule has 0 aliphatic rings. The topological polar surface area (TPSA) is 97.2 Å². The summed E-state index contributed by atoms with van der Waals surface area (Å²) in [7, 11) is 3.24. The second kappa shape index (κ2) is 12.1. The first-order valence-corrected chi connectivity index (χ1v) is 14.0. The number of rotatable bonds is 8. The molecule has 9 heteroatoms. The number of likely N-dealkylation sites (N-methyl/N-ethyl adjacent to an activating group) is 1. The highest BCUT2D eigenvalue weighted by atomic mass is 19.1. The average Bonchev–Trinajstić information content (AvgIpc) is 3.34. The van der Waals surface area contributed by atoms with E-state index in [2.05, 4.69) is 16.0 Å². The number of pyridine rings is 1. The van der Waals surface area contributed by atoms with E-state index in [0.29, 0.717) is 11.3 Å². The predicted molar refractivity (Wildman–Crippen MR) is 168 cm³/mol. The Morgan fingerprint density at radius 2 is 1.72 bits per heavy atom. The number of hydrogen-bond donors (Lipinski definition) is 3. The lowest BCUT2D eigenvalue weighted by Gasteiger charge is -2.19. The maximum Gasteiger partial charge on any atom is 0.275 e. The molecule has 220 valence electrons. The van der Waals surface area contributed by atoms with Crippen molar-refractivity contribution in [1.29, 1.82) is 0 Å². The lowest BCUT2D eigenvalue weighted by atomic mass is 10.0. The summed E-state index contributed by atoms with van der Waals surface area (Å²) in [5, 5.41) is 9.11. The number of fused-ring (bicyclic) bond motifs is 1. The molecule has 5 rings (SSSR count). The maximum absolute atomic E-state index is 14.0. The first kappa shape index (κ1) is 29.5. The van der Waals surface area contributed by atoms with Gasteiger partial charge in [0, 0.05) is 35.4 Å². The van der Waals surface area contributed by atoms with E-state index in [-0.39, 0.29) is 35.4 Å². The number of carbonyl (C=O) groups is 2. The van der Waals surface area contributed by atoms with Crippen LogP contribution in [0.3, 0.4) is 0 Å². The smallest absolute Gasteiger partial charge is 0.275 e. The molecule has 0 aliphatic heterocycles. The van der Waals surface area contributed by atoms with Crippen LogP contribution in [0.2, 0.25) is 0 Å². The number of hydrogen-bond acceptors (Lipinski definition) is 4. The Bertz CT molecular complexity index is 1920. The Labute approximate surface area is 249 Å². The standard InChI is InChI=1S/C34H34FN5O3/c1-20-9-10-24(33(42)37-5)16-27(20)31-14-12-29(38-32(41)22(3)36-4)34(43)40(31)19-23-7-6-8-26(15-23)39-18-21(2)28-17-25(35)11-13-30(28)39/h6-18,22,36H,19H2,1-5H3,(H,37,42)(H,38,41)/t22-/m0/s1. The van der Waals surface area contributed by atoms with E-state index in [1.165, 1.54) is 12.1 Å². The average molecular weight is 580 g/mol. The zero-order valence-electron chi connectivity index (χ0n) is 24.8. The van der Waals surface area contributed by atoms with Gasteiger partial charge in [-0.3, -0.25) is 14.4 Å². The summed E-state index contributed by atoms with van der Waals surface area (Å²) in [5.41, 5.74) is 6.00. The van der Waals surface area contributed by atoms with Gasteiger partial charge in [-0.1, -0.05) is 18.2 Å². The first-order chi connectivity index (χ1) is 20.6. The molecule has 0 saturated heterocycles. The van der Waals surface area contributed by atoms with Crippen molar-refractivity contribution in [2.45, 2.75) is 33.4 Å². The summed E-state index contributed by atoms with van der Waals surface area (Å²) < 4.78 is 17.6. The van der Waals surface area contributed by atoms with Gasteiger partial charge in [-0.2, -0.15) is 0 Å². The van der Waals surface area contributed by atoms with Crippen molar-refractivity contribution in [1.82, 2.24) is 19.8 Å². The molecule has 5 aromatic rings. The van der Waals surface area contributed by atoms with Crippen LogP contribution in [0.5, 0.6) is 0 Å². The van der Waals surface area contributed by atoms with E-state index in [1.54, 1.807) is 55.9 Å². The molecule has 1 atom stereocenters. The van der Waals surface area contributed by atoms with Crippen molar-refractivity contribution in [3.8, 4) is 16.9 Å². The first-order valence-electron chi connectivity index (χ1n) is 14.0. The van der Waals surface area contributed by atoms with Crippen molar-refractivity contribution < 1.29 is 14.0 Å². The fraction of sp³-hybridized carbons (Fsp3) is 0.206. The Morgan fingerprint density at radius 3 is 2.47 bits per heavy atom. The molecule has 0 bridgehead atoms. The number of aromatic nitrogens is 2. The summed E-state index contributed by atoms with van der Waals surface area (Å²) in [5.74, 6) is -0.854. The zero-order chi connectivity index (χ0) is 30.8. The maximum atomic E-state index is 14.0. The molecule has 43 heavy (non-hydrogen) atoms. The lowest BCUT2D eigenvalue weighted by Crippen LogP contribution is -2.37. The van der Waals surface area contributed by atoms with Gasteiger partial charge in [-0.15, -0.1) is 0 Å². The van der Waals surface area contributed by atoms with Gasteiger partial charge < -0.3 is 25.1 Å². The zero-order valence-corrected chi connectivity index (χ0v) is 24.8. The Morgan fingerprint density at radius 1 is 0.930 bits per heavy atom. The van der Waals surface area contributed by atoms with Crippen molar-refractivity contribution in [3.05, 3.63) is 117 Å². The van der Waals surface area contributed by atoms with Crippen LogP contribution in [-0.2, 0) is 11.3 Å². The van der Waals surface area contributed by atoms with E-state index < -0.39 is 6.04 Å². The van der Waals surface area contributed by atoms with Gasteiger partial charge in [0.05, 0.1) is 23.8 Å². The van der Waals surface area contributed by atoms with E-state index >= 15 is 0 Å². The number of amides is 2. The van der Waals surface area contributed by atoms with Gasteiger partial charge in [-0.05, 0) is 99.1 Å². The molecule has 0 fully saturated rings. The Balaban J connectivity index is 1.63. The summed E-state index contributed by atoms with van der Waals surface area (Å²) in [6.45, 7) is 5.77. The van der Waals surface area contributed by atoms with Crippen LogP contribution < -0.4 is 21.5 Å². The van der Waals surface area contributed by atoms with Crippen LogP contribution in [0, 0.1) is 19.7 Å². The van der Waals surface area contributed by atoms with Crippen LogP contribution in [-0.4, -0.2) is 41.1 Å². The third kappa shape index (κ3) is 5.85. The molecule has 2 amide bonds. The van der Waals surface area contributed by atoms with E-state index in [0.717, 1.165) is 38.8 Å². The molecule has 8 nitrogen and oxygen atoms in total. The number of nitrogens with one attached hydrogen (secondary N) is 3. The highest BCUT2D eigenvalue weighted by Gasteiger charge is 2.18. The minimum atomic E-state index is -0.496. The van der Waals surface area contributed by atoms with E-state index in [9.17, 15) is 18.8 Å². The summed E-state index contributed by atoms with van der Waals surface area (Å²) in [6, 6.07) is 20.8. The molecule has 2 aromatic heterocycles. The van der Waals surface area contributed by atoms with Crippen molar-refractivity contribution >= 4 is 28.4 Å². The largest absolute Gasteiger partial charge is 0.355 e. The lowest BCUT2D eigenvalue weighted by molar-refractivity contribution is -0.117. The van der Waals surface area contributed by atoms with Crippen molar-refractivity contribution in [2.24, 2.45) is 0 Å². The number of carbonyl (C=O) groups excluding carboxylic acids is 2. The summed E-state index contributed by atoms with van der Waals surface area (Å²) >= 11 is 0. The van der Waals surface area contributed by atoms with Gasteiger partial charge >= 0.3 is 0 Å². The van der Waals surface area contributed by atoms with Gasteiger partial charge in [0.15, 0.2) is 0 Å². The highest BCUT2D eigenvalue weighted by Crippen LogP contribution is 2.28. The molecule has 0 aliphatic carbocycles. The molecule has 0 spiro atoms. The summed E-state index contributed by atoms with van der Waals surface area (Å²) in [6.07, 6.45) is 1.97. The minimum Gasteiger partial charge on any atom is -0.355 e.